The molecule has 2 aromatic rings. The molecule has 0 aliphatic heterocycles. The van der Waals surface area contributed by atoms with E-state index in [0.29, 0.717) is 11.8 Å². The number of aryl methyl sites for hydroxylation is 1. The van der Waals surface area contributed by atoms with Gasteiger partial charge in [-0.3, -0.25) is 10.4 Å². The summed E-state index contributed by atoms with van der Waals surface area (Å²) in [7, 11) is 1.67. The zero-order valence-electron chi connectivity index (χ0n) is 9.01. The minimum absolute atomic E-state index is 0.135. The molecule has 0 aromatic carbocycles. The largest absolute Gasteiger partial charge is 0.367 e. The van der Waals surface area contributed by atoms with E-state index < -0.39 is 6.03 Å². The van der Waals surface area contributed by atoms with Crippen molar-refractivity contribution in [2.75, 3.05) is 11.1 Å². The van der Waals surface area contributed by atoms with Crippen LogP contribution in [0.5, 0.6) is 0 Å². The summed E-state index contributed by atoms with van der Waals surface area (Å²) in [4.78, 5) is 19.1. The topological polar surface area (TPSA) is 139 Å². The molecule has 0 saturated heterocycles. The number of nitrogens with two attached hydrogens (primary N) is 1. The average Bonchev–Trinajstić information content (AvgIpc) is 2.86. The van der Waals surface area contributed by atoms with Gasteiger partial charge in [-0.2, -0.15) is 15.1 Å². The van der Waals surface area contributed by atoms with Crippen LogP contribution in [0.4, 0.5) is 16.7 Å². The lowest BCUT2D eigenvalue weighted by Gasteiger charge is -2.04. The molecule has 0 bridgehead atoms. The molecule has 10 heteroatoms. The minimum Gasteiger partial charge on any atom is -0.367 e. The van der Waals surface area contributed by atoms with Gasteiger partial charge >= 0.3 is 6.03 Å². The smallest absolute Gasteiger partial charge is 0.321 e. The average molecular weight is 237 g/mol. The normalized spacial score (nSPS) is 10.2. The van der Waals surface area contributed by atoms with Gasteiger partial charge in [0.05, 0.1) is 6.54 Å². The first-order chi connectivity index (χ1) is 8.15. The van der Waals surface area contributed by atoms with Crippen molar-refractivity contribution in [3.63, 3.8) is 0 Å². The van der Waals surface area contributed by atoms with Crippen LogP contribution in [0.1, 0.15) is 5.82 Å². The Labute approximate surface area is 95.6 Å². The quantitative estimate of drug-likeness (QED) is 0.530. The third-order valence-corrected chi connectivity index (χ3v) is 1.90. The molecule has 0 radical (unpaired) electrons. The van der Waals surface area contributed by atoms with E-state index in [4.69, 9.17) is 5.73 Å². The number of carbonyl (C=O) groups excluding carboxylic acids is 1. The van der Waals surface area contributed by atoms with E-state index in [0.717, 1.165) is 0 Å². The summed E-state index contributed by atoms with van der Waals surface area (Å²) >= 11 is 0. The van der Waals surface area contributed by atoms with E-state index in [2.05, 4.69) is 35.9 Å². The van der Waals surface area contributed by atoms with Crippen molar-refractivity contribution in [2.45, 2.75) is 6.54 Å². The van der Waals surface area contributed by atoms with Gasteiger partial charge in [0, 0.05) is 7.05 Å². The highest BCUT2D eigenvalue weighted by molar-refractivity contribution is 5.87. The standard InChI is InChI=1S/C7H11N9O/c1-16-6(10-3-11-16)13-7(17)9-2-4-12-5(8)15-14-4/h3H,2H2,1H3,(H3,8,12,14,15)(H2,9,10,11,13,17). The Morgan fingerprint density at radius 2 is 2.47 bits per heavy atom. The van der Waals surface area contributed by atoms with Gasteiger partial charge in [0.25, 0.3) is 0 Å². The van der Waals surface area contributed by atoms with Crippen LogP contribution >= 0.6 is 0 Å². The molecule has 0 fully saturated rings. The van der Waals surface area contributed by atoms with E-state index in [1.807, 2.05) is 0 Å². The second-order valence-corrected chi connectivity index (χ2v) is 3.16. The van der Waals surface area contributed by atoms with Crippen LogP contribution in [-0.2, 0) is 13.6 Å². The lowest BCUT2D eigenvalue weighted by atomic mass is 10.6. The third kappa shape index (κ3) is 2.68. The van der Waals surface area contributed by atoms with Gasteiger partial charge in [0.1, 0.15) is 12.2 Å². The fourth-order valence-electron chi connectivity index (χ4n) is 1.11. The first kappa shape index (κ1) is 10.9. The van der Waals surface area contributed by atoms with Crippen molar-refractivity contribution in [3.05, 3.63) is 12.2 Å². The van der Waals surface area contributed by atoms with Crippen LogP contribution in [0.25, 0.3) is 0 Å². The zero-order valence-corrected chi connectivity index (χ0v) is 9.01. The van der Waals surface area contributed by atoms with E-state index in [-0.39, 0.29) is 12.5 Å². The molecule has 2 amide bonds. The molecule has 2 heterocycles. The number of aromatic nitrogens is 6. The maximum Gasteiger partial charge on any atom is 0.321 e. The second-order valence-electron chi connectivity index (χ2n) is 3.16. The predicted octanol–water partition coefficient (Wildman–Crippen LogP) is -1.16. The number of carbonyl (C=O) groups is 1. The van der Waals surface area contributed by atoms with Crippen molar-refractivity contribution in [3.8, 4) is 0 Å². The Balaban J connectivity index is 1.84. The minimum atomic E-state index is -0.420. The molecule has 0 unspecified atom stereocenters. The van der Waals surface area contributed by atoms with Crippen LogP contribution in [0, 0.1) is 0 Å². The summed E-state index contributed by atoms with van der Waals surface area (Å²) in [6, 6.07) is -0.420. The van der Waals surface area contributed by atoms with Gasteiger partial charge in [-0.05, 0) is 0 Å². The maximum atomic E-state index is 11.4. The molecule has 10 nitrogen and oxygen atoms in total. The van der Waals surface area contributed by atoms with Gasteiger partial charge in [-0.1, -0.05) is 0 Å². The summed E-state index contributed by atoms with van der Waals surface area (Å²) in [5.41, 5.74) is 5.31. The molecule has 2 rings (SSSR count). The predicted molar refractivity (Wildman–Crippen MR) is 57.7 cm³/mol. The maximum absolute atomic E-state index is 11.4. The number of rotatable bonds is 3. The number of nitrogens with one attached hydrogen (secondary N) is 3. The highest BCUT2D eigenvalue weighted by atomic mass is 16.2. The molecule has 17 heavy (non-hydrogen) atoms. The van der Waals surface area contributed by atoms with Crippen molar-refractivity contribution < 1.29 is 4.79 Å². The molecular formula is C7H11N9O. The van der Waals surface area contributed by atoms with Crippen molar-refractivity contribution in [1.82, 2.24) is 35.3 Å². The van der Waals surface area contributed by atoms with Crippen LogP contribution in [0.15, 0.2) is 6.33 Å². The van der Waals surface area contributed by atoms with E-state index in [9.17, 15) is 4.79 Å². The molecular weight excluding hydrogens is 226 g/mol. The Morgan fingerprint density at radius 1 is 1.65 bits per heavy atom. The van der Waals surface area contributed by atoms with Gasteiger partial charge < -0.3 is 11.1 Å². The number of nitrogen functional groups attached to an aromatic ring is 1. The van der Waals surface area contributed by atoms with Gasteiger partial charge in [0.2, 0.25) is 11.9 Å². The van der Waals surface area contributed by atoms with Crippen LogP contribution in [0.2, 0.25) is 0 Å². The summed E-state index contributed by atoms with van der Waals surface area (Å²) in [5.74, 6) is 0.950. The lowest BCUT2D eigenvalue weighted by molar-refractivity contribution is 0.251. The van der Waals surface area contributed by atoms with Crippen LogP contribution in [-0.4, -0.2) is 36.0 Å². The zero-order chi connectivity index (χ0) is 12.3. The Hall–Kier alpha value is -2.65. The van der Waals surface area contributed by atoms with Gasteiger partial charge in [0.15, 0.2) is 0 Å². The van der Waals surface area contributed by atoms with E-state index in [1.54, 1.807) is 7.05 Å². The van der Waals surface area contributed by atoms with E-state index >= 15 is 0 Å². The molecule has 0 spiro atoms. The number of hydrogen-bond acceptors (Lipinski definition) is 6. The lowest BCUT2D eigenvalue weighted by Crippen LogP contribution is -2.29. The summed E-state index contributed by atoms with van der Waals surface area (Å²) in [6.07, 6.45) is 1.34. The fraction of sp³-hybridized carbons (Fsp3) is 0.286. The molecule has 0 atom stereocenters. The fourth-order valence-corrected chi connectivity index (χ4v) is 1.11. The second kappa shape index (κ2) is 4.47. The Kier molecular flexibility index (Phi) is 2.85. The number of urea groups is 1. The molecule has 0 aliphatic rings. The number of H-pyrrole nitrogens is 1. The number of aromatic amines is 1. The number of amides is 2. The SMILES string of the molecule is Cn1ncnc1NC(=O)NCc1nc(N)n[nH]1. The third-order valence-electron chi connectivity index (χ3n) is 1.90. The molecule has 0 saturated carbocycles. The van der Waals surface area contributed by atoms with Crippen molar-refractivity contribution >= 4 is 17.9 Å². The number of hydrogen-bond donors (Lipinski definition) is 4. The summed E-state index contributed by atoms with van der Waals surface area (Å²) in [5, 5.41) is 15.1. The molecule has 0 aliphatic carbocycles. The molecule has 90 valence electrons. The van der Waals surface area contributed by atoms with Crippen molar-refractivity contribution in [1.29, 1.82) is 0 Å². The first-order valence-corrected chi connectivity index (χ1v) is 4.71. The highest BCUT2D eigenvalue weighted by Gasteiger charge is 2.07. The monoisotopic (exact) mass is 237 g/mol. The Morgan fingerprint density at radius 3 is 3.06 bits per heavy atom. The Bertz CT molecular complexity index is 515. The van der Waals surface area contributed by atoms with Crippen LogP contribution < -0.4 is 16.4 Å². The first-order valence-electron chi connectivity index (χ1n) is 4.71. The molecule has 5 N–H and O–H groups in total. The van der Waals surface area contributed by atoms with Crippen molar-refractivity contribution in [2.24, 2.45) is 7.05 Å². The van der Waals surface area contributed by atoms with E-state index in [1.165, 1.54) is 11.0 Å². The summed E-state index contributed by atoms with van der Waals surface area (Å²) in [6.45, 7) is 0.188. The number of nitrogens with zero attached hydrogens (tertiary/aromatic N) is 5. The van der Waals surface area contributed by atoms with Crippen LogP contribution in [0.3, 0.4) is 0 Å². The van der Waals surface area contributed by atoms with Gasteiger partial charge in [-0.25, -0.2) is 9.48 Å². The highest BCUT2D eigenvalue weighted by Crippen LogP contribution is 1.97. The van der Waals surface area contributed by atoms with Gasteiger partial charge in [-0.15, -0.1) is 5.10 Å². The number of anilines is 2. The summed E-state index contributed by atoms with van der Waals surface area (Å²) < 4.78 is 1.44. The molecule has 2 aromatic heterocycles.